The van der Waals surface area contributed by atoms with E-state index in [1.165, 1.54) is 0 Å². The van der Waals surface area contributed by atoms with E-state index in [1.54, 1.807) is 12.1 Å². The summed E-state index contributed by atoms with van der Waals surface area (Å²) in [5.74, 6) is 0.282. The van der Waals surface area contributed by atoms with Crippen molar-refractivity contribution in [2.24, 2.45) is 10.2 Å². The summed E-state index contributed by atoms with van der Waals surface area (Å²) in [7, 11) is 0. The Hall–Kier alpha value is -0.496. The van der Waals surface area contributed by atoms with E-state index >= 15 is 0 Å². The zero-order valence-corrected chi connectivity index (χ0v) is 13.7. The first-order valence-corrected chi connectivity index (χ1v) is 6.01. The van der Waals surface area contributed by atoms with Gasteiger partial charge in [0.1, 0.15) is 12.0 Å². The SMILES string of the molecule is CC(C)c1ccc(N=NC=N)c(NS(=O)[O-])c1.[Y]. The van der Waals surface area contributed by atoms with Crippen LogP contribution in [-0.2, 0) is 44.0 Å². The van der Waals surface area contributed by atoms with Gasteiger partial charge in [0.05, 0.1) is 5.69 Å². The molecular formula is C10H13N4O2SY-. The molecule has 0 fully saturated rings. The molecule has 1 unspecified atom stereocenters. The molecule has 1 rings (SSSR count). The Morgan fingerprint density at radius 2 is 2.17 bits per heavy atom. The Balaban J connectivity index is 0.00000289. The quantitative estimate of drug-likeness (QED) is 0.372. The molecule has 6 nitrogen and oxygen atoms in total. The number of azo groups is 1. The van der Waals surface area contributed by atoms with Gasteiger partial charge in [0, 0.05) is 44.0 Å². The Bertz CT molecular complexity index is 465. The molecule has 1 aromatic rings. The number of nitrogens with one attached hydrogen (secondary N) is 2. The second-order valence-corrected chi connectivity index (χ2v) is 4.29. The second kappa shape index (κ2) is 8.58. The average Bonchev–Trinajstić information content (AvgIpc) is 2.26. The van der Waals surface area contributed by atoms with Crippen molar-refractivity contribution in [3.05, 3.63) is 23.8 Å². The molecule has 0 aliphatic heterocycles. The van der Waals surface area contributed by atoms with Crippen LogP contribution >= 0.6 is 0 Å². The van der Waals surface area contributed by atoms with E-state index in [1.807, 2.05) is 19.9 Å². The van der Waals surface area contributed by atoms with Crippen LogP contribution in [0.2, 0.25) is 0 Å². The fraction of sp³-hybridized carbons (Fsp3) is 0.300. The molecule has 0 aromatic heterocycles. The molecule has 95 valence electrons. The van der Waals surface area contributed by atoms with Crippen LogP contribution in [0.4, 0.5) is 11.4 Å². The Kier molecular flexibility index (Phi) is 8.34. The van der Waals surface area contributed by atoms with Crippen LogP contribution in [0.1, 0.15) is 25.3 Å². The van der Waals surface area contributed by atoms with Crippen LogP contribution in [0.25, 0.3) is 0 Å². The standard InChI is InChI=1S/C10H14N4O2S.Y/c1-7(2)8-3-4-9(13-12-6-11)10(5-8)14-17(15)16;/h3-7,11,14H,1-2H3,(H,15,16);/p-1. The van der Waals surface area contributed by atoms with E-state index < -0.39 is 11.3 Å². The molecule has 1 aromatic carbocycles. The topological polar surface area (TPSA) is 101 Å². The van der Waals surface area contributed by atoms with Gasteiger partial charge in [-0.15, -0.1) is 10.2 Å². The van der Waals surface area contributed by atoms with Gasteiger partial charge in [-0.05, 0) is 23.6 Å². The Labute approximate surface area is 133 Å². The smallest absolute Gasteiger partial charge is 0.129 e. The fourth-order valence-electron chi connectivity index (χ4n) is 1.26. The summed E-state index contributed by atoms with van der Waals surface area (Å²) >= 11 is -2.41. The van der Waals surface area contributed by atoms with E-state index in [-0.39, 0.29) is 38.6 Å². The second-order valence-electron chi connectivity index (χ2n) is 3.61. The van der Waals surface area contributed by atoms with Crippen molar-refractivity contribution in [1.82, 2.24) is 0 Å². The fourth-order valence-corrected chi connectivity index (χ4v) is 1.61. The molecule has 0 aliphatic carbocycles. The summed E-state index contributed by atoms with van der Waals surface area (Å²) in [6, 6.07) is 5.22. The molecule has 0 saturated heterocycles. The van der Waals surface area contributed by atoms with E-state index in [0.717, 1.165) is 11.9 Å². The van der Waals surface area contributed by atoms with Crippen molar-refractivity contribution in [3.8, 4) is 0 Å². The summed E-state index contributed by atoms with van der Waals surface area (Å²) in [6.07, 6.45) is 0.786. The number of nitrogens with zero attached hydrogens (tertiary/aromatic N) is 2. The molecule has 0 heterocycles. The predicted octanol–water partition coefficient (Wildman–Crippen LogP) is 2.70. The third-order valence-corrected chi connectivity index (χ3v) is 2.49. The molecule has 18 heavy (non-hydrogen) atoms. The van der Waals surface area contributed by atoms with Gasteiger partial charge in [-0.1, -0.05) is 19.9 Å². The molecule has 0 aliphatic rings. The number of benzene rings is 1. The largest absolute Gasteiger partial charge is 0.755 e. The van der Waals surface area contributed by atoms with E-state index in [0.29, 0.717) is 11.4 Å². The van der Waals surface area contributed by atoms with Gasteiger partial charge in [0.2, 0.25) is 0 Å². The van der Waals surface area contributed by atoms with Gasteiger partial charge in [0.15, 0.2) is 0 Å². The first-order valence-electron chi connectivity index (χ1n) is 4.94. The van der Waals surface area contributed by atoms with Crippen molar-refractivity contribution >= 4 is 29.0 Å². The minimum Gasteiger partial charge on any atom is -0.755 e. The van der Waals surface area contributed by atoms with Crippen LogP contribution in [0, 0.1) is 5.41 Å². The van der Waals surface area contributed by atoms with Crippen LogP contribution < -0.4 is 4.72 Å². The van der Waals surface area contributed by atoms with Crippen molar-refractivity contribution in [2.45, 2.75) is 19.8 Å². The summed E-state index contributed by atoms with van der Waals surface area (Å²) in [5, 5.41) is 13.9. The molecule has 0 saturated carbocycles. The maximum atomic E-state index is 10.6. The van der Waals surface area contributed by atoms with Crippen LogP contribution in [-0.4, -0.2) is 15.1 Å². The van der Waals surface area contributed by atoms with E-state index in [9.17, 15) is 8.76 Å². The number of anilines is 1. The molecule has 0 amide bonds. The van der Waals surface area contributed by atoms with E-state index in [2.05, 4.69) is 15.0 Å². The van der Waals surface area contributed by atoms with Crippen molar-refractivity contribution in [3.63, 3.8) is 0 Å². The summed E-state index contributed by atoms with van der Waals surface area (Å²) in [5.41, 5.74) is 1.73. The van der Waals surface area contributed by atoms with Crippen LogP contribution in [0.15, 0.2) is 28.4 Å². The van der Waals surface area contributed by atoms with Gasteiger partial charge in [-0.25, -0.2) is 0 Å². The monoisotopic (exact) mass is 342 g/mol. The Morgan fingerprint density at radius 3 is 2.67 bits per heavy atom. The predicted molar refractivity (Wildman–Crippen MR) is 66.4 cm³/mol. The molecule has 8 heteroatoms. The van der Waals surface area contributed by atoms with Gasteiger partial charge >= 0.3 is 0 Å². The van der Waals surface area contributed by atoms with Crippen molar-refractivity contribution < 1.29 is 41.5 Å². The van der Waals surface area contributed by atoms with Crippen LogP contribution in [0.3, 0.4) is 0 Å². The van der Waals surface area contributed by atoms with Crippen molar-refractivity contribution in [2.75, 3.05) is 4.72 Å². The third-order valence-electron chi connectivity index (χ3n) is 2.10. The zero-order chi connectivity index (χ0) is 12.8. The van der Waals surface area contributed by atoms with Gasteiger partial charge in [-0.3, -0.25) is 9.62 Å². The number of hydrogen-bond donors (Lipinski definition) is 2. The Morgan fingerprint density at radius 1 is 1.50 bits per heavy atom. The first kappa shape index (κ1) is 17.5. The summed E-state index contributed by atoms with van der Waals surface area (Å²) in [4.78, 5) is 0. The minimum absolute atomic E-state index is 0. The molecule has 0 bridgehead atoms. The minimum atomic E-state index is -2.41. The average molecular weight is 342 g/mol. The maximum absolute atomic E-state index is 10.6. The third kappa shape index (κ3) is 5.43. The van der Waals surface area contributed by atoms with Crippen molar-refractivity contribution in [1.29, 1.82) is 5.41 Å². The summed E-state index contributed by atoms with van der Waals surface area (Å²) in [6.45, 7) is 4.01. The molecule has 1 atom stereocenters. The first-order chi connectivity index (χ1) is 8.04. The molecule has 2 N–H and O–H groups in total. The number of hydrogen-bond acceptors (Lipinski definition) is 4. The number of rotatable bonds is 5. The van der Waals surface area contributed by atoms with Gasteiger partial charge in [-0.2, -0.15) is 0 Å². The molecule has 0 spiro atoms. The van der Waals surface area contributed by atoms with Crippen LogP contribution in [0.5, 0.6) is 0 Å². The molecular weight excluding hydrogens is 329 g/mol. The maximum Gasteiger partial charge on any atom is 0.129 e. The van der Waals surface area contributed by atoms with E-state index in [4.69, 9.17) is 5.41 Å². The molecule has 1 radical (unpaired) electrons. The van der Waals surface area contributed by atoms with Gasteiger partial charge in [0.25, 0.3) is 0 Å². The van der Waals surface area contributed by atoms with Gasteiger partial charge < -0.3 is 9.27 Å². The normalized spacial score (nSPS) is 12.2. The zero-order valence-electron chi connectivity index (χ0n) is 10.1. The summed E-state index contributed by atoms with van der Waals surface area (Å²) < 4.78 is 23.6.